The van der Waals surface area contributed by atoms with Gasteiger partial charge in [-0.3, -0.25) is 0 Å². The Morgan fingerprint density at radius 2 is 2.17 bits per heavy atom. The second kappa shape index (κ2) is 5.10. The molecule has 0 aliphatic carbocycles. The van der Waals surface area contributed by atoms with E-state index in [0.717, 1.165) is 10.9 Å². The molecule has 96 valence electrons. The summed E-state index contributed by atoms with van der Waals surface area (Å²) in [4.78, 5) is 11.7. The van der Waals surface area contributed by atoms with Crippen molar-refractivity contribution >= 4 is 16.9 Å². The fourth-order valence-corrected chi connectivity index (χ4v) is 1.97. The van der Waals surface area contributed by atoms with Crippen LogP contribution in [0.15, 0.2) is 24.4 Å². The molecule has 5 nitrogen and oxygen atoms in total. The Balaban J connectivity index is 2.64. The van der Waals surface area contributed by atoms with Gasteiger partial charge in [0.1, 0.15) is 5.75 Å². The lowest BCUT2D eigenvalue weighted by Crippen LogP contribution is -2.02. The maximum absolute atomic E-state index is 11.7. The van der Waals surface area contributed by atoms with E-state index in [1.54, 1.807) is 19.4 Å². The normalized spacial score (nSPS) is 10.6. The highest BCUT2D eigenvalue weighted by Gasteiger charge is 2.15. The van der Waals surface area contributed by atoms with Crippen molar-refractivity contribution in [2.24, 2.45) is 0 Å². The van der Waals surface area contributed by atoms with Crippen molar-refractivity contribution in [1.82, 2.24) is 4.57 Å². The zero-order chi connectivity index (χ0) is 13.1. The molecule has 0 unspecified atom stereocenters. The minimum atomic E-state index is -0.398. The number of carbonyl (C=O) groups is 1. The first-order chi connectivity index (χ1) is 8.71. The van der Waals surface area contributed by atoms with Crippen LogP contribution in [0.2, 0.25) is 0 Å². The third kappa shape index (κ3) is 2.04. The van der Waals surface area contributed by atoms with E-state index in [4.69, 9.17) is 14.6 Å². The van der Waals surface area contributed by atoms with Crippen molar-refractivity contribution in [3.63, 3.8) is 0 Å². The van der Waals surface area contributed by atoms with E-state index < -0.39 is 5.97 Å². The van der Waals surface area contributed by atoms with Crippen molar-refractivity contribution in [1.29, 1.82) is 0 Å². The van der Waals surface area contributed by atoms with Crippen LogP contribution in [0, 0.1) is 0 Å². The van der Waals surface area contributed by atoms with Gasteiger partial charge in [0.05, 0.1) is 26.4 Å². The zero-order valence-electron chi connectivity index (χ0n) is 10.3. The molecule has 1 heterocycles. The van der Waals surface area contributed by atoms with E-state index in [2.05, 4.69) is 0 Å². The van der Waals surface area contributed by atoms with E-state index in [-0.39, 0.29) is 6.61 Å². The van der Waals surface area contributed by atoms with Gasteiger partial charge in [-0.15, -0.1) is 0 Å². The third-order valence-corrected chi connectivity index (χ3v) is 2.83. The molecule has 2 aromatic rings. The molecule has 0 atom stereocenters. The van der Waals surface area contributed by atoms with Gasteiger partial charge in [-0.1, -0.05) is 0 Å². The maximum atomic E-state index is 11.7. The molecule has 2 rings (SSSR count). The highest BCUT2D eigenvalue weighted by molar-refractivity contribution is 6.04. The summed E-state index contributed by atoms with van der Waals surface area (Å²) in [6.07, 6.45) is 1.69. The molecule has 0 aliphatic heterocycles. The van der Waals surface area contributed by atoms with Crippen LogP contribution < -0.4 is 4.74 Å². The van der Waals surface area contributed by atoms with Crippen molar-refractivity contribution in [2.45, 2.75) is 6.54 Å². The molecular weight excluding hydrogens is 234 g/mol. The zero-order valence-corrected chi connectivity index (χ0v) is 10.3. The molecule has 0 radical (unpaired) electrons. The lowest BCUT2D eigenvalue weighted by molar-refractivity contribution is 0.0602. The number of hydrogen-bond donors (Lipinski definition) is 1. The average Bonchev–Trinajstić information content (AvgIpc) is 2.76. The highest BCUT2D eigenvalue weighted by Crippen LogP contribution is 2.26. The number of nitrogens with zero attached hydrogens (tertiary/aromatic N) is 1. The summed E-state index contributed by atoms with van der Waals surface area (Å²) in [6, 6.07) is 5.46. The van der Waals surface area contributed by atoms with E-state index in [0.29, 0.717) is 17.9 Å². The first kappa shape index (κ1) is 12.4. The minimum Gasteiger partial charge on any atom is -0.497 e. The molecule has 0 spiro atoms. The van der Waals surface area contributed by atoms with Gasteiger partial charge in [0.15, 0.2) is 0 Å². The van der Waals surface area contributed by atoms with Crippen LogP contribution in [-0.4, -0.2) is 36.5 Å². The van der Waals surface area contributed by atoms with Crippen molar-refractivity contribution in [3.8, 4) is 5.75 Å². The molecule has 0 aliphatic rings. The van der Waals surface area contributed by atoms with Gasteiger partial charge in [-0.2, -0.15) is 0 Å². The van der Waals surface area contributed by atoms with Crippen LogP contribution in [0.25, 0.3) is 10.9 Å². The summed E-state index contributed by atoms with van der Waals surface area (Å²) in [7, 11) is 2.92. The number of aliphatic hydroxyl groups excluding tert-OH is 1. The third-order valence-electron chi connectivity index (χ3n) is 2.83. The van der Waals surface area contributed by atoms with Crippen LogP contribution in [0.3, 0.4) is 0 Å². The Bertz CT molecular complexity index is 574. The van der Waals surface area contributed by atoms with Gasteiger partial charge in [-0.05, 0) is 18.2 Å². The molecule has 5 heteroatoms. The fraction of sp³-hybridized carbons (Fsp3) is 0.308. The molecule has 1 aromatic carbocycles. The molecule has 1 N–H and O–H groups in total. The predicted molar refractivity (Wildman–Crippen MR) is 66.9 cm³/mol. The number of benzene rings is 1. The second-order valence-corrected chi connectivity index (χ2v) is 3.83. The predicted octanol–water partition coefficient (Wildman–Crippen LogP) is 1.43. The SMILES string of the molecule is COC(=O)c1cn(CCO)c2ccc(OC)cc12. The Morgan fingerprint density at radius 3 is 2.78 bits per heavy atom. The summed E-state index contributed by atoms with van der Waals surface area (Å²) < 4.78 is 11.7. The molecule has 0 fully saturated rings. The molecule has 0 saturated carbocycles. The number of fused-ring (bicyclic) bond motifs is 1. The van der Waals surface area contributed by atoms with Gasteiger partial charge in [0.25, 0.3) is 0 Å². The lowest BCUT2D eigenvalue weighted by atomic mass is 10.1. The number of esters is 1. The summed E-state index contributed by atoms with van der Waals surface area (Å²) >= 11 is 0. The van der Waals surface area contributed by atoms with Gasteiger partial charge in [0.2, 0.25) is 0 Å². The molecular formula is C13H15NO4. The molecule has 1 aromatic heterocycles. The number of methoxy groups -OCH3 is 2. The number of carbonyl (C=O) groups excluding carboxylic acids is 1. The Labute approximate surface area is 105 Å². The first-order valence-corrected chi connectivity index (χ1v) is 5.57. The van der Waals surface area contributed by atoms with Gasteiger partial charge < -0.3 is 19.1 Å². The van der Waals surface area contributed by atoms with Crippen molar-refractivity contribution < 1.29 is 19.4 Å². The number of aromatic nitrogens is 1. The Morgan fingerprint density at radius 1 is 1.39 bits per heavy atom. The highest BCUT2D eigenvalue weighted by atomic mass is 16.5. The van der Waals surface area contributed by atoms with Gasteiger partial charge in [0, 0.05) is 23.6 Å². The average molecular weight is 249 g/mol. The number of aliphatic hydroxyl groups is 1. The molecule has 0 bridgehead atoms. The number of rotatable bonds is 4. The van der Waals surface area contributed by atoms with Crippen LogP contribution in [0.5, 0.6) is 5.75 Å². The van der Waals surface area contributed by atoms with E-state index in [9.17, 15) is 4.79 Å². The van der Waals surface area contributed by atoms with Crippen molar-refractivity contribution in [2.75, 3.05) is 20.8 Å². The second-order valence-electron chi connectivity index (χ2n) is 3.83. The topological polar surface area (TPSA) is 60.7 Å². The van der Waals surface area contributed by atoms with Crippen LogP contribution in [0.1, 0.15) is 10.4 Å². The van der Waals surface area contributed by atoms with E-state index >= 15 is 0 Å². The van der Waals surface area contributed by atoms with Crippen LogP contribution >= 0.6 is 0 Å². The minimum absolute atomic E-state index is 0.0103. The first-order valence-electron chi connectivity index (χ1n) is 5.57. The van der Waals surface area contributed by atoms with Crippen LogP contribution in [0.4, 0.5) is 0 Å². The van der Waals surface area contributed by atoms with E-state index in [1.807, 2.05) is 16.7 Å². The molecule has 0 saturated heterocycles. The van der Waals surface area contributed by atoms with Gasteiger partial charge >= 0.3 is 5.97 Å². The van der Waals surface area contributed by atoms with Crippen LogP contribution in [-0.2, 0) is 11.3 Å². The maximum Gasteiger partial charge on any atom is 0.340 e. The monoisotopic (exact) mass is 249 g/mol. The van der Waals surface area contributed by atoms with Gasteiger partial charge in [-0.25, -0.2) is 4.79 Å². The van der Waals surface area contributed by atoms with Crippen molar-refractivity contribution in [3.05, 3.63) is 30.0 Å². The standard InChI is InChI=1S/C13H15NO4/c1-17-9-3-4-12-10(7-9)11(13(16)18-2)8-14(12)5-6-15/h3-4,7-8,15H,5-6H2,1-2H3. The number of hydrogen-bond acceptors (Lipinski definition) is 4. The number of ether oxygens (including phenoxy) is 2. The summed E-state index contributed by atoms with van der Waals surface area (Å²) in [5.41, 5.74) is 1.34. The molecule has 18 heavy (non-hydrogen) atoms. The Hall–Kier alpha value is -2.01. The summed E-state index contributed by atoms with van der Waals surface area (Å²) in [5, 5.41) is 9.78. The quantitative estimate of drug-likeness (QED) is 0.833. The molecule has 0 amide bonds. The van der Waals surface area contributed by atoms with E-state index in [1.165, 1.54) is 7.11 Å². The largest absolute Gasteiger partial charge is 0.497 e. The summed E-state index contributed by atoms with van der Waals surface area (Å²) in [6.45, 7) is 0.441. The lowest BCUT2D eigenvalue weighted by Gasteiger charge is -2.03. The fourth-order valence-electron chi connectivity index (χ4n) is 1.97. The smallest absolute Gasteiger partial charge is 0.340 e. The Kier molecular flexibility index (Phi) is 3.53. The summed E-state index contributed by atoms with van der Waals surface area (Å²) in [5.74, 6) is 0.277.